The van der Waals surface area contributed by atoms with E-state index in [1.54, 1.807) is 24.5 Å². The number of primary amides is 1. The van der Waals surface area contributed by atoms with E-state index in [9.17, 15) is 52.2 Å². The summed E-state index contributed by atoms with van der Waals surface area (Å²) in [6.45, 7) is 3.26. The molecule has 2 aromatic heterocycles. The molecule has 512 valence electrons. The number of rotatable bonds is 11. The predicted molar refractivity (Wildman–Crippen MR) is 360 cm³/mol. The average Bonchev–Trinajstić information content (AvgIpc) is 1.84. The fourth-order valence-electron chi connectivity index (χ4n) is 12.3. The lowest BCUT2D eigenvalue weighted by atomic mass is 9.97. The zero-order chi connectivity index (χ0) is 68.6. The molecule has 10 amide bonds. The summed E-state index contributed by atoms with van der Waals surface area (Å²) < 4.78 is 29.9. The van der Waals surface area contributed by atoms with Crippen LogP contribution in [-0.2, 0) is 78.7 Å². The van der Waals surface area contributed by atoms with Crippen LogP contribution in [0, 0.1) is 11.6 Å². The number of hydrogen-bond acceptors (Lipinski definition) is 14. The number of phenolic OH excluding ortho intramolecular Hbond substituents is 1. The van der Waals surface area contributed by atoms with Crippen LogP contribution in [0.5, 0.6) is 5.75 Å². The van der Waals surface area contributed by atoms with Crippen molar-refractivity contribution < 1.29 is 61.8 Å². The summed E-state index contributed by atoms with van der Waals surface area (Å²) >= 11 is 2.85. The van der Waals surface area contributed by atoms with Crippen molar-refractivity contribution in [3.05, 3.63) is 137 Å². The van der Waals surface area contributed by atoms with Crippen molar-refractivity contribution in [3.63, 3.8) is 0 Å². The van der Waals surface area contributed by atoms with Gasteiger partial charge in [-0.2, -0.15) is 23.5 Å². The molecule has 0 spiro atoms. The monoisotopic (exact) mass is 1360 g/mol. The molecule has 9 atom stereocenters. The first kappa shape index (κ1) is 71.3. The number of carbonyl (C=O) groups excluding carboxylic acids is 10. The SMILES string of the molecule is C[C@@H]1NC(=O)[C@@H]2CCCCN2C(=O)[C@H](Cc2c[nH]c3ccc(F)cc23)NC(=O)[C@H](Cc2c[nH]c3ccc(F)cc23)NC(=O)[C@@H](C)NC(=O)[C@H](CCCCN)NC(=O)CCSCc2cccc(c2)CSC[C@@H](C(N)=O)NC(=O)[C@@H]2CCCN2C(=O)[C@H](Cc2ccc(O)cc2)NC1=O. The van der Waals surface area contributed by atoms with Gasteiger partial charge in [-0.15, -0.1) is 0 Å². The van der Waals surface area contributed by atoms with E-state index < -0.39 is 125 Å². The standard InChI is InChI=1S/C68H83F2N13O11S2/c1-38-61(87)78-53(29-43-33-73-50-20-16-45(69)31-48(43)50)64(90)80-55(30-44-34-74-51-21-17-46(70)32-49(44)51)68(94)82-24-6-4-12-57(82)65(91)76-39(2)62(88)79-54(28-40-14-18-47(84)19-15-40)67(93)83-25-8-13-58(83)66(92)81-56(60(72)86)37-96-36-42-10-7-9-41(27-42)35-95-26-22-59(85)77-52(63(89)75-38)11-3-5-23-71/h7,9-10,14-21,27,31-34,38-39,52-58,73-74,84H,3-6,8,11-13,22-26,28-30,35-37,71H2,1-2H3,(H2,72,86)(H,75,89)(H,76,91)(H,77,85)(H,78,87)(H,79,88)(H,80,90)(H,81,92)/t38-,39+,52+,53+,54+,55+,56+,57+,58+/m1/s1. The van der Waals surface area contributed by atoms with Crippen molar-refractivity contribution in [1.29, 1.82) is 0 Å². The van der Waals surface area contributed by atoms with Crippen LogP contribution in [0.3, 0.4) is 0 Å². The van der Waals surface area contributed by atoms with Crippen molar-refractivity contribution in [1.82, 2.24) is 57.0 Å². The van der Waals surface area contributed by atoms with Gasteiger partial charge in [-0.25, -0.2) is 8.78 Å². The van der Waals surface area contributed by atoms with Gasteiger partial charge in [0.25, 0.3) is 0 Å². The number of aromatic nitrogens is 2. The normalized spacial score (nSPS) is 24.1. The molecule has 2 saturated heterocycles. The van der Waals surface area contributed by atoms with Gasteiger partial charge in [0.1, 0.15) is 71.8 Å². The van der Waals surface area contributed by atoms with Crippen molar-refractivity contribution in [2.24, 2.45) is 11.5 Å². The molecule has 0 aliphatic carbocycles. The summed E-state index contributed by atoms with van der Waals surface area (Å²) in [6, 6.07) is 10.3. The van der Waals surface area contributed by atoms with Crippen LogP contribution in [0.15, 0.2) is 97.3 Å². The molecule has 3 aliphatic rings. The molecule has 24 nitrogen and oxygen atoms in total. The Hall–Kier alpha value is -9.02. The molecule has 9 rings (SSSR count). The molecule has 4 aromatic carbocycles. The van der Waals surface area contributed by atoms with Crippen LogP contribution in [0.4, 0.5) is 8.78 Å². The number of benzene rings is 4. The highest BCUT2D eigenvalue weighted by atomic mass is 32.2. The Morgan fingerprint density at radius 3 is 1.72 bits per heavy atom. The molecule has 2 bridgehead atoms. The molecule has 96 heavy (non-hydrogen) atoms. The number of thioether (sulfide) groups is 2. The van der Waals surface area contributed by atoms with Crippen LogP contribution in [-0.4, -0.2) is 169 Å². The number of aromatic hydroxyl groups is 1. The maximum absolute atomic E-state index is 15.5. The highest BCUT2D eigenvalue weighted by Gasteiger charge is 2.42. The van der Waals surface area contributed by atoms with Gasteiger partial charge in [-0.1, -0.05) is 36.4 Å². The first-order valence-electron chi connectivity index (χ1n) is 32.4. The maximum Gasteiger partial charge on any atom is 0.246 e. The Morgan fingerprint density at radius 2 is 1.10 bits per heavy atom. The van der Waals surface area contributed by atoms with Crippen molar-refractivity contribution in [2.45, 2.75) is 157 Å². The Morgan fingerprint density at radius 1 is 0.573 bits per heavy atom. The number of nitrogens with one attached hydrogen (secondary N) is 9. The molecule has 0 saturated carbocycles. The molecule has 5 heterocycles. The Balaban J connectivity index is 1.02. The number of amides is 10. The maximum atomic E-state index is 15.5. The van der Waals surface area contributed by atoms with Gasteiger partial charge in [-0.3, -0.25) is 47.9 Å². The summed E-state index contributed by atoms with van der Waals surface area (Å²) in [4.78, 5) is 153. The zero-order valence-corrected chi connectivity index (χ0v) is 55.2. The predicted octanol–water partition coefficient (Wildman–Crippen LogP) is 3.65. The summed E-state index contributed by atoms with van der Waals surface area (Å²) in [7, 11) is 0. The fourth-order valence-corrected chi connectivity index (χ4v) is 14.2. The van der Waals surface area contributed by atoms with E-state index in [-0.39, 0.29) is 69.5 Å². The smallest absolute Gasteiger partial charge is 0.246 e. The number of carbonyl (C=O) groups is 10. The summed E-state index contributed by atoms with van der Waals surface area (Å²) in [5.74, 6) is -6.91. The van der Waals surface area contributed by atoms with Crippen LogP contribution in [0.25, 0.3) is 21.8 Å². The van der Waals surface area contributed by atoms with Crippen molar-refractivity contribution >= 4 is 104 Å². The van der Waals surface area contributed by atoms with Crippen LogP contribution >= 0.6 is 23.5 Å². The highest BCUT2D eigenvalue weighted by Crippen LogP contribution is 2.27. The molecule has 0 unspecified atom stereocenters. The van der Waals surface area contributed by atoms with Crippen molar-refractivity contribution in [2.75, 3.05) is 31.1 Å². The third kappa shape index (κ3) is 18.9. The Bertz CT molecular complexity index is 3820. The summed E-state index contributed by atoms with van der Waals surface area (Å²) in [5, 5.41) is 30.3. The lowest BCUT2D eigenvalue weighted by molar-refractivity contribution is -0.146. The summed E-state index contributed by atoms with van der Waals surface area (Å²) in [6.07, 6.45) is 5.34. The molecule has 14 N–H and O–H groups in total. The zero-order valence-electron chi connectivity index (χ0n) is 53.5. The lowest BCUT2D eigenvalue weighted by Gasteiger charge is -2.38. The number of halogens is 2. The number of nitrogens with two attached hydrogens (primary N) is 2. The minimum absolute atomic E-state index is 0.0123. The number of aromatic amines is 2. The van der Waals surface area contributed by atoms with Gasteiger partial charge in [0.05, 0.1) is 0 Å². The fraction of sp³-hybridized carbons (Fsp3) is 0.441. The third-order valence-corrected chi connectivity index (χ3v) is 19.7. The van der Waals surface area contributed by atoms with Crippen LogP contribution in [0.1, 0.15) is 99.5 Å². The first-order chi connectivity index (χ1) is 46.1. The van der Waals surface area contributed by atoms with Gasteiger partial charge in [-0.05, 0) is 148 Å². The quantitative estimate of drug-likeness (QED) is 0.0825. The number of unbranched alkanes of at least 4 members (excludes halogenated alkanes) is 1. The van der Waals surface area contributed by atoms with E-state index in [1.165, 1.54) is 95.7 Å². The van der Waals surface area contributed by atoms with Crippen molar-refractivity contribution in [3.8, 4) is 5.75 Å². The number of nitrogens with zero attached hydrogens (tertiary/aromatic N) is 2. The van der Waals surface area contributed by atoms with E-state index in [1.807, 2.05) is 24.3 Å². The Kier molecular flexibility index (Phi) is 24.9. The van der Waals surface area contributed by atoms with Gasteiger partial charge in [0.2, 0.25) is 59.1 Å². The highest BCUT2D eigenvalue weighted by molar-refractivity contribution is 7.98. The number of hydrogen-bond donors (Lipinski definition) is 12. The van der Waals surface area contributed by atoms with E-state index in [2.05, 4.69) is 47.2 Å². The van der Waals surface area contributed by atoms with Gasteiger partial charge in [0, 0.05) is 96.0 Å². The lowest BCUT2D eigenvalue weighted by Crippen LogP contribution is -2.62. The molecule has 2 fully saturated rings. The van der Waals surface area contributed by atoms with Crippen LogP contribution < -0.4 is 48.7 Å². The van der Waals surface area contributed by atoms with Gasteiger partial charge >= 0.3 is 0 Å². The largest absolute Gasteiger partial charge is 0.508 e. The number of H-pyrrole nitrogens is 2. The molecule has 28 heteroatoms. The Labute approximate surface area is 562 Å². The molecular weight excluding hydrogens is 1280 g/mol. The van der Waals surface area contributed by atoms with Gasteiger partial charge in [0.15, 0.2) is 0 Å². The third-order valence-electron chi connectivity index (χ3n) is 17.5. The van der Waals surface area contributed by atoms with E-state index in [4.69, 9.17) is 11.5 Å². The molecule has 3 aliphatic heterocycles. The number of phenols is 1. The van der Waals surface area contributed by atoms with E-state index in [0.29, 0.717) is 94.4 Å². The van der Waals surface area contributed by atoms with E-state index in [0.717, 1.165) is 11.1 Å². The minimum Gasteiger partial charge on any atom is -0.508 e. The number of piperidine rings is 1. The first-order valence-corrected chi connectivity index (χ1v) is 34.7. The number of fused-ring (bicyclic) bond motifs is 6. The van der Waals surface area contributed by atoms with E-state index >= 15 is 9.59 Å². The summed E-state index contributed by atoms with van der Waals surface area (Å²) in [5.41, 5.74) is 15.9. The molecular formula is C68H83F2N13O11S2. The van der Waals surface area contributed by atoms with Crippen LogP contribution in [0.2, 0.25) is 0 Å². The molecule has 0 radical (unpaired) electrons. The second-order valence-corrected chi connectivity index (χ2v) is 26.8. The topological polar surface area (TPSA) is 365 Å². The second-order valence-electron chi connectivity index (χ2n) is 24.7. The minimum atomic E-state index is -1.53. The average molecular weight is 1360 g/mol. The second kappa shape index (κ2) is 33.6. The van der Waals surface area contributed by atoms with Gasteiger partial charge < -0.3 is 73.6 Å². The molecule has 6 aromatic rings.